The largest absolute Gasteiger partial charge is 0.223 e. The Balaban J connectivity index is 2.57. The van der Waals surface area contributed by atoms with Crippen LogP contribution in [0.2, 0.25) is 5.28 Å². The van der Waals surface area contributed by atoms with Gasteiger partial charge in [0.25, 0.3) is 0 Å². The summed E-state index contributed by atoms with van der Waals surface area (Å²) in [5.41, 5.74) is 1.38. The van der Waals surface area contributed by atoms with E-state index in [1.807, 2.05) is 0 Å². The molecule has 0 aliphatic carbocycles. The number of rotatable bonds is 1. The second-order valence-corrected chi connectivity index (χ2v) is 3.66. The second-order valence-electron chi connectivity index (χ2n) is 3.32. The highest BCUT2D eigenvalue weighted by atomic mass is 35.5. The smallest absolute Gasteiger partial charge is 0.223 e. The summed E-state index contributed by atoms with van der Waals surface area (Å²) in [5, 5.41) is 0.0552. The molecule has 2 aromatic rings. The van der Waals surface area contributed by atoms with E-state index >= 15 is 0 Å². The molecule has 0 aliphatic heterocycles. The first-order valence-corrected chi connectivity index (χ1v) is 4.90. The summed E-state index contributed by atoms with van der Waals surface area (Å²) in [6.45, 7) is 1.73. The number of nitrogens with zero attached hydrogens (tertiary/aromatic N) is 2. The Morgan fingerprint density at radius 3 is 2.19 bits per heavy atom. The fraction of sp³-hybridized carbons (Fsp3) is 0.0909. The van der Waals surface area contributed by atoms with E-state index in [2.05, 4.69) is 9.97 Å². The Labute approximate surface area is 95.9 Å². The third-order valence-corrected chi connectivity index (χ3v) is 2.15. The van der Waals surface area contributed by atoms with Gasteiger partial charge in [0.15, 0.2) is 0 Å². The Hall–Kier alpha value is -1.55. The highest BCUT2D eigenvalue weighted by Crippen LogP contribution is 2.21. The zero-order valence-electron chi connectivity index (χ0n) is 8.34. The number of hydrogen-bond acceptors (Lipinski definition) is 2. The first-order chi connectivity index (χ1) is 7.54. The molecule has 16 heavy (non-hydrogen) atoms. The molecule has 0 bridgehead atoms. The third kappa shape index (κ3) is 2.33. The molecule has 0 fully saturated rings. The summed E-state index contributed by atoms with van der Waals surface area (Å²) >= 11 is 5.67. The van der Waals surface area contributed by atoms with Gasteiger partial charge >= 0.3 is 0 Å². The molecule has 0 saturated carbocycles. The Morgan fingerprint density at radius 2 is 1.62 bits per heavy atom. The van der Waals surface area contributed by atoms with E-state index in [1.54, 1.807) is 13.0 Å². The van der Waals surface area contributed by atoms with Crippen molar-refractivity contribution in [3.8, 4) is 11.3 Å². The predicted octanol–water partition coefficient (Wildman–Crippen LogP) is 3.38. The molecular formula is C11H7ClF2N2. The van der Waals surface area contributed by atoms with Gasteiger partial charge in [0.2, 0.25) is 5.28 Å². The van der Waals surface area contributed by atoms with Crippen LogP contribution in [0, 0.1) is 18.6 Å². The van der Waals surface area contributed by atoms with E-state index in [9.17, 15) is 8.78 Å². The molecule has 0 unspecified atom stereocenters. The van der Waals surface area contributed by atoms with Gasteiger partial charge < -0.3 is 0 Å². The van der Waals surface area contributed by atoms with Gasteiger partial charge in [-0.05, 0) is 36.7 Å². The highest BCUT2D eigenvalue weighted by molar-refractivity contribution is 6.28. The maximum Gasteiger partial charge on any atom is 0.223 e. The van der Waals surface area contributed by atoms with E-state index < -0.39 is 11.6 Å². The molecule has 2 rings (SSSR count). The first-order valence-electron chi connectivity index (χ1n) is 4.52. The second kappa shape index (κ2) is 4.14. The lowest BCUT2D eigenvalue weighted by Crippen LogP contribution is -1.92. The lowest BCUT2D eigenvalue weighted by Gasteiger charge is -2.03. The minimum Gasteiger partial charge on any atom is -0.223 e. The van der Waals surface area contributed by atoms with Crippen LogP contribution in [-0.2, 0) is 0 Å². The van der Waals surface area contributed by atoms with E-state index in [0.717, 1.165) is 6.07 Å². The normalized spacial score (nSPS) is 10.5. The SMILES string of the molecule is Cc1cc(-c2cc(F)cc(F)c2)nc(Cl)n1. The van der Waals surface area contributed by atoms with E-state index in [-0.39, 0.29) is 5.28 Å². The van der Waals surface area contributed by atoms with E-state index in [0.29, 0.717) is 17.0 Å². The van der Waals surface area contributed by atoms with Crippen LogP contribution in [0.3, 0.4) is 0 Å². The van der Waals surface area contributed by atoms with Gasteiger partial charge in [0.1, 0.15) is 11.6 Å². The molecule has 0 amide bonds. The van der Waals surface area contributed by atoms with Gasteiger partial charge in [-0.1, -0.05) is 0 Å². The molecule has 0 radical (unpaired) electrons. The number of benzene rings is 1. The number of halogens is 3. The van der Waals surface area contributed by atoms with Crippen molar-refractivity contribution in [2.45, 2.75) is 6.92 Å². The quantitative estimate of drug-likeness (QED) is 0.714. The summed E-state index contributed by atoms with van der Waals surface area (Å²) in [6, 6.07) is 4.81. The van der Waals surface area contributed by atoms with Gasteiger partial charge in [-0.3, -0.25) is 0 Å². The Kier molecular flexibility index (Phi) is 2.83. The predicted molar refractivity (Wildman–Crippen MR) is 57.1 cm³/mol. The average molecular weight is 241 g/mol. The molecule has 0 spiro atoms. The van der Waals surface area contributed by atoms with Crippen molar-refractivity contribution in [2.75, 3.05) is 0 Å². The summed E-state index contributed by atoms with van der Waals surface area (Å²) in [6.07, 6.45) is 0. The first kappa shape index (κ1) is 11.0. The van der Waals surface area contributed by atoms with Gasteiger partial charge in [-0.25, -0.2) is 18.7 Å². The lowest BCUT2D eigenvalue weighted by molar-refractivity contribution is 0.584. The topological polar surface area (TPSA) is 25.8 Å². The standard InChI is InChI=1S/C11H7ClF2N2/c1-6-2-10(16-11(12)15-6)7-3-8(13)5-9(14)4-7/h2-5H,1H3. The summed E-state index contributed by atoms with van der Waals surface area (Å²) in [4.78, 5) is 7.78. The fourth-order valence-corrected chi connectivity index (χ4v) is 1.61. The van der Waals surface area contributed by atoms with Crippen LogP contribution in [0.25, 0.3) is 11.3 Å². The van der Waals surface area contributed by atoms with E-state index in [1.165, 1.54) is 12.1 Å². The monoisotopic (exact) mass is 240 g/mol. The van der Waals surface area contributed by atoms with Gasteiger partial charge in [0.05, 0.1) is 5.69 Å². The van der Waals surface area contributed by atoms with Crippen LogP contribution in [0.5, 0.6) is 0 Å². The lowest BCUT2D eigenvalue weighted by atomic mass is 10.1. The van der Waals surface area contributed by atoms with Gasteiger partial charge in [-0.2, -0.15) is 0 Å². The van der Waals surface area contributed by atoms with Crippen LogP contribution in [0.1, 0.15) is 5.69 Å². The minimum atomic E-state index is -0.651. The fourth-order valence-electron chi connectivity index (χ4n) is 1.38. The van der Waals surface area contributed by atoms with Crippen molar-refractivity contribution >= 4 is 11.6 Å². The molecule has 1 aromatic heterocycles. The number of aromatic nitrogens is 2. The number of hydrogen-bond donors (Lipinski definition) is 0. The Bertz CT molecular complexity index is 454. The minimum absolute atomic E-state index is 0.0552. The summed E-state index contributed by atoms with van der Waals surface area (Å²) in [7, 11) is 0. The van der Waals surface area contributed by atoms with Gasteiger partial charge in [-0.15, -0.1) is 0 Å². The van der Waals surface area contributed by atoms with Crippen molar-refractivity contribution in [2.24, 2.45) is 0 Å². The van der Waals surface area contributed by atoms with Crippen LogP contribution < -0.4 is 0 Å². The summed E-state index contributed by atoms with van der Waals surface area (Å²) in [5.74, 6) is -1.30. The van der Waals surface area contributed by atoms with Crippen LogP contribution in [0.15, 0.2) is 24.3 Å². The molecule has 0 N–H and O–H groups in total. The molecule has 2 nitrogen and oxygen atoms in total. The Morgan fingerprint density at radius 1 is 1.00 bits per heavy atom. The molecule has 1 heterocycles. The maximum atomic E-state index is 13.0. The zero-order valence-corrected chi connectivity index (χ0v) is 9.09. The van der Waals surface area contributed by atoms with Crippen molar-refractivity contribution in [1.29, 1.82) is 0 Å². The maximum absolute atomic E-state index is 13.0. The zero-order chi connectivity index (χ0) is 11.7. The van der Waals surface area contributed by atoms with Crippen molar-refractivity contribution in [3.63, 3.8) is 0 Å². The van der Waals surface area contributed by atoms with Crippen molar-refractivity contribution in [3.05, 3.63) is 46.9 Å². The molecule has 1 aromatic carbocycles. The van der Waals surface area contributed by atoms with Crippen molar-refractivity contribution in [1.82, 2.24) is 9.97 Å². The molecule has 5 heteroatoms. The van der Waals surface area contributed by atoms with Crippen molar-refractivity contribution < 1.29 is 8.78 Å². The average Bonchev–Trinajstić information content (AvgIpc) is 2.14. The molecule has 0 atom stereocenters. The van der Waals surface area contributed by atoms with Crippen LogP contribution >= 0.6 is 11.6 Å². The summed E-state index contributed by atoms with van der Waals surface area (Å²) < 4.78 is 26.0. The van der Waals surface area contributed by atoms with Crippen LogP contribution in [-0.4, -0.2) is 9.97 Å². The molecular weight excluding hydrogens is 234 g/mol. The molecule has 0 saturated heterocycles. The molecule has 82 valence electrons. The van der Waals surface area contributed by atoms with Crippen LogP contribution in [0.4, 0.5) is 8.78 Å². The third-order valence-electron chi connectivity index (χ3n) is 1.99. The molecule has 0 aliphatic rings. The highest BCUT2D eigenvalue weighted by Gasteiger charge is 2.06. The van der Waals surface area contributed by atoms with Gasteiger partial charge in [0, 0.05) is 17.3 Å². The number of aryl methyl sites for hydroxylation is 1. The van der Waals surface area contributed by atoms with E-state index in [4.69, 9.17) is 11.6 Å².